The lowest BCUT2D eigenvalue weighted by atomic mass is 9.83. The van der Waals surface area contributed by atoms with Crippen LogP contribution >= 0.6 is 0 Å². The van der Waals surface area contributed by atoms with E-state index in [4.69, 9.17) is 0 Å². The van der Waals surface area contributed by atoms with Crippen LogP contribution < -0.4 is 5.32 Å². The van der Waals surface area contributed by atoms with Crippen LogP contribution in [0.15, 0.2) is 0 Å². The van der Waals surface area contributed by atoms with Gasteiger partial charge in [-0.1, -0.05) is 27.7 Å². The Balaban J connectivity index is 2.41. The molecule has 102 valence electrons. The molecule has 0 aliphatic carbocycles. The smallest absolute Gasteiger partial charge is 0.188 e. The summed E-state index contributed by atoms with van der Waals surface area (Å²) in [6, 6.07) is 0.664. The van der Waals surface area contributed by atoms with Crippen LogP contribution in [0.1, 0.15) is 47.0 Å². The Hall–Kier alpha value is 0.137. The molecule has 1 rings (SSSR count). The summed E-state index contributed by atoms with van der Waals surface area (Å²) in [5.41, 5.74) is 0. The zero-order chi connectivity index (χ0) is 13.3. The lowest BCUT2D eigenvalue weighted by molar-refractivity contribution is 0.226. The van der Waals surface area contributed by atoms with E-state index in [0.717, 1.165) is 24.8 Å². The van der Waals surface area contributed by atoms with E-state index in [-0.39, 0.29) is 5.04 Å². The molecule has 3 unspecified atom stereocenters. The van der Waals surface area contributed by atoms with Crippen LogP contribution in [0, 0.1) is 11.8 Å². The second-order valence-electron chi connectivity index (χ2n) is 7.28. The lowest BCUT2D eigenvalue weighted by Crippen LogP contribution is -2.44. The van der Waals surface area contributed by atoms with E-state index in [1.807, 2.05) is 0 Å². The minimum atomic E-state index is -2.03. The van der Waals surface area contributed by atoms with Gasteiger partial charge in [-0.05, 0) is 55.8 Å². The normalized spacial score (nSPS) is 31.6. The van der Waals surface area contributed by atoms with Gasteiger partial charge in [0.1, 0.15) is 0 Å². The van der Waals surface area contributed by atoms with Gasteiger partial charge < -0.3 is 10.1 Å². The van der Waals surface area contributed by atoms with E-state index in [0.29, 0.717) is 6.04 Å². The Morgan fingerprint density at radius 2 is 1.82 bits per heavy atom. The molecule has 0 aromatic heterocycles. The summed E-state index contributed by atoms with van der Waals surface area (Å²) in [5, 5.41) is 3.78. The third-order valence-corrected chi connectivity index (χ3v) is 8.69. The molecule has 1 aliphatic heterocycles. The lowest BCUT2D eigenvalue weighted by Gasteiger charge is -2.38. The van der Waals surface area contributed by atoms with Crippen LogP contribution in [0.5, 0.6) is 0 Å². The summed E-state index contributed by atoms with van der Waals surface area (Å²) in [6.07, 6.45) is 3.65. The molecule has 0 saturated carbocycles. The molecule has 3 heteroatoms. The van der Waals surface area contributed by atoms with Crippen molar-refractivity contribution in [2.75, 3.05) is 6.54 Å². The van der Waals surface area contributed by atoms with Crippen LogP contribution in [0.2, 0.25) is 18.1 Å². The van der Waals surface area contributed by atoms with Crippen molar-refractivity contribution in [2.45, 2.75) is 71.1 Å². The molecule has 3 atom stereocenters. The Labute approximate surface area is 108 Å². The molecule has 1 aliphatic rings. The van der Waals surface area contributed by atoms with Crippen molar-refractivity contribution in [3.8, 4) is 0 Å². The SMILES string of the molecule is CC1CNC(CCC(C)(C)[Si](C)(C)O)CC1C. The summed E-state index contributed by atoms with van der Waals surface area (Å²) in [5.74, 6) is 1.65. The zero-order valence-corrected chi connectivity index (χ0v) is 13.5. The van der Waals surface area contributed by atoms with Crippen LogP contribution in [0.3, 0.4) is 0 Å². The van der Waals surface area contributed by atoms with Gasteiger partial charge in [-0.3, -0.25) is 0 Å². The van der Waals surface area contributed by atoms with Crippen molar-refractivity contribution in [1.29, 1.82) is 0 Å². The summed E-state index contributed by atoms with van der Waals surface area (Å²) in [6.45, 7) is 14.4. The highest BCUT2D eigenvalue weighted by atomic mass is 28.4. The average molecular weight is 257 g/mol. The molecule has 2 N–H and O–H groups in total. The van der Waals surface area contributed by atoms with Gasteiger partial charge in [0, 0.05) is 6.04 Å². The Morgan fingerprint density at radius 3 is 2.29 bits per heavy atom. The van der Waals surface area contributed by atoms with E-state index in [1.165, 1.54) is 12.8 Å². The predicted octanol–water partition coefficient (Wildman–Crippen LogP) is 3.38. The molecule has 0 spiro atoms. The van der Waals surface area contributed by atoms with E-state index < -0.39 is 8.32 Å². The second-order valence-corrected chi connectivity index (χ2v) is 11.7. The van der Waals surface area contributed by atoms with Gasteiger partial charge in [-0.2, -0.15) is 0 Å². The standard InChI is InChI=1S/C14H31NOSi/c1-11-9-13(15-10-12(11)2)7-8-14(3,4)17(5,6)16/h11-13,15-16H,7-10H2,1-6H3. The molecule has 0 radical (unpaired) electrons. The molecule has 2 nitrogen and oxygen atoms in total. The predicted molar refractivity (Wildman–Crippen MR) is 77.7 cm³/mol. The molecule has 1 heterocycles. The molecule has 1 fully saturated rings. The van der Waals surface area contributed by atoms with Crippen LogP contribution in [0.25, 0.3) is 0 Å². The first-order valence-electron chi connectivity index (χ1n) is 7.09. The molecule has 0 aromatic carbocycles. The van der Waals surface area contributed by atoms with E-state index in [2.05, 4.69) is 46.1 Å². The fourth-order valence-corrected chi connectivity index (χ4v) is 3.14. The first-order chi connectivity index (χ1) is 7.63. The third-order valence-electron chi connectivity index (χ3n) is 5.13. The highest BCUT2D eigenvalue weighted by molar-refractivity contribution is 6.72. The summed E-state index contributed by atoms with van der Waals surface area (Å²) < 4.78 is 0. The number of rotatable bonds is 4. The number of hydrogen-bond acceptors (Lipinski definition) is 2. The van der Waals surface area contributed by atoms with Crippen molar-refractivity contribution < 1.29 is 4.80 Å². The van der Waals surface area contributed by atoms with Gasteiger partial charge in [0.05, 0.1) is 0 Å². The number of piperidine rings is 1. The molecule has 1 saturated heterocycles. The number of nitrogens with one attached hydrogen (secondary N) is 1. The van der Waals surface area contributed by atoms with Gasteiger partial charge in [0.25, 0.3) is 0 Å². The van der Waals surface area contributed by atoms with Crippen molar-refractivity contribution in [1.82, 2.24) is 5.32 Å². The maximum atomic E-state index is 10.3. The topological polar surface area (TPSA) is 32.3 Å². The Kier molecular flexibility index (Phi) is 4.84. The summed E-state index contributed by atoms with van der Waals surface area (Å²) in [7, 11) is -2.03. The fourth-order valence-electron chi connectivity index (χ4n) is 2.38. The highest BCUT2D eigenvalue weighted by Gasteiger charge is 2.38. The van der Waals surface area contributed by atoms with Crippen molar-refractivity contribution in [3.05, 3.63) is 0 Å². The van der Waals surface area contributed by atoms with Gasteiger partial charge in [0.15, 0.2) is 8.32 Å². The summed E-state index contributed by atoms with van der Waals surface area (Å²) >= 11 is 0. The largest absolute Gasteiger partial charge is 0.432 e. The van der Waals surface area contributed by atoms with Crippen LogP contribution in [0.4, 0.5) is 0 Å². The first kappa shape index (κ1) is 15.2. The maximum Gasteiger partial charge on any atom is 0.188 e. The van der Waals surface area contributed by atoms with Crippen molar-refractivity contribution in [2.24, 2.45) is 11.8 Å². The zero-order valence-electron chi connectivity index (χ0n) is 12.5. The van der Waals surface area contributed by atoms with E-state index in [9.17, 15) is 4.80 Å². The van der Waals surface area contributed by atoms with Crippen LogP contribution in [-0.4, -0.2) is 25.7 Å². The quantitative estimate of drug-likeness (QED) is 0.757. The molecule has 0 amide bonds. The van der Waals surface area contributed by atoms with Gasteiger partial charge in [-0.15, -0.1) is 0 Å². The van der Waals surface area contributed by atoms with Gasteiger partial charge in [0.2, 0.25) is 0 Å². The fraction of sp³-hybridized carbons (Fsp3) is 1.00. The van der Waals surface area contributed by atoms with Crippen molar-refractivity contribution in [3.63, 3.8) is 0 Å². The molecule has 0 aromatic rings. The molecule has 0 bridgehead atoms. The van der Waals surface area contributed by atoms with Gasteiger partial charge in [-0.25, -0.2) is 0 Å². The Bertz CT molecular complexity index is 247. The highest BCUT2D eigenvalue weighted by Crippen LogP contribution is 2.40. The van der Waals surface area contributed by atoms with Gasteiger partial charge >= 0.3 is 0 Å². The Morgan fingerprint density at radius 1 is 1.24 bits per heavy atom. The minimum absolute atomic E-state index is 0.126. The van der Waals surface area contributed by atoms with Crippen molar-refractivity contribution >= 4 is 8.32 Å². The van der Waals surface area contributed by atoms with E-state index >= 15 is 0 Å². The summed E-state index contributed by atoms with van der Waals surface area (Å²) in [4.78, 5) is 10.3. The van der Waals surface area contributed by atoms with E-state index in [1.54, 1.807) is 0 Å². The average Bonchev–Trinajstić information content (AvgIpc) is 2.18. The minimum Gasteiger partial charge on any atom is -0.432 e. The monoisotopic (exact) mass is 257 g/mol. The number of hydrogen-bond donors (Lipinski definition) is 2. The van der Waals surface area contributed by atoms with Crippen LogP contribution in [-0.2, 0) is 0 Å². The third kappa shape index (κ3) is 4.07. The molecule has 17 heavy (non-hydrogen) atoms. The second kappa shape index (κ2) is 5.41. The maximum absolute atomic E-state index is 10.3. The molecular formula is C14H31NOSi. The molecular weight excluding hydrogens is 226 g/mol. The first-order valence-corrected chi connectivity index (χ1v) is 10.0.